The van der Waals surface area contributed by atoms with Gasteiger partial charge in [0.25, 0.3) is 5.56 Å². The Morgan fingerprint density at radius 2 is 1.94 bits per heavy atom. The van der Waals surface area contributed by atoms with E-state index in [1.165, 1.54) is 23.0 Å². The highest BCUT2D eigenvalue weighted by Gasteiger charge is 2.23. The summed E-state index contributed by atoms with van der Waals surface area (Å²) in [5, 5.41) is 0.568. The van der Waals surface area contributed by atoms with Crippen LogP contribution in [0.2, 0.25) is 0 Å². The Morgan fingerprint density at radius 1 is 1.15 bits per heavy atom. The number of halogens is 1. The molecule has 0 bridgehead atoms. The summed E-state index contributed by atoms with van der Waals surface area (Å²) in [6.07, 6.45) is 1.63. The highest BCUT2D eigenvalue weighted by molar-refractivity contribution is 6.04. The maximum absolute atomic E-state index is 13.6. The van der Waals surface area contributed by atoms with Gasteiger partial charge in [-0.2, -0.15) is 0 Å². The first-order valence-corrected chi connectivity index (χ1v) is 10.9. The van der Waals surface area contributed by atoms with E-state index in [4.69, 9.17) is 4.74 Å². The van der Waals surface area contributed by atoms with Crippen LogP contribution in [0, 0.1) is 5.82 Å². The number of H-pyrrole nitrogens is 1. The fourth-order valence-corrected chi connectivity index (χ4v) is 4.38. The number of nitrogens with zero attached hydrogens (tertiary/aromatic N) is 4. The van der Waals surface area contributed by atoms with Crippen molar-refractivity contribution in [2.75, 3.05) is 38.2 Å². The Bertz CT molecular complexity index is 1390. The summed E-state index contributed by atoms with van der Waals surface area (Å²) in [6.45, 7) is 2.88. The molecule has 1 fully saturated rings. The quantitative estimate of drug-likeness (QED) is 0.507. The Hall–Kier alpha value is -3.88. The number of amides is 1. The minimum atomic E-state index is -0.384. The molecule has 0 radical (unpaired) electrons. The Morgan fingerprint density at radius 3 is 2.73 bits per heavy atom. The summed E-state index contributed by atoms with van der Waals surface area (Å²) >= 11 is 0. The van der Waals surface area contributed by atoms with Crippen LogP contribution >= 0.6 is 0 Å². The van der Waals surface area contributed by atoms with Gasteiger partial charge in [0.2, 0.25) is 5.91 Å². The van der Waals surface area contributed by atoms with E-state index in [-0.39, 0.29) is 30.2 Å². The van der Waals surface area contributed by atoms with Crippen LogP contribution in [0.25, 0.3) is 21.9 Å². The molecule has 0 saturated carbocycles. The lowest BCUT2D eigenvalue weighted by Gasteiger charge is -2.36. The topological polar surface area (TPSA) is 83.5 Å². The lowest BCUT2D eigenvalue weighted by atomic mass is 10.2. The van der Waals surface area contributed by atoms with E-state index in [1.54, 1.807) is 13.2 Å². The molecule has 1 aliphatic heterocycles. The predicted molar refractivity (Wildman–Crippen MR) is 124 cm³/mol. The summed E-state index contributed by atoms with van der Waals surface area (Å²) in [4.78, 5) is 37.1. The first-order chi connectivity index (χ1) is 16.0. The number of hydrogen-bond acceptors (Lipinski definition) is 5. The first kappa shape index (κ1) is 21.0. The SMILES string of the molecule is COc1ccccc1N1CCN(C(=O)CCn2cnc3c([nH]c4ccc(F)cc43)c2=O)CC1. The summed E-state index contributed by atoms with van der Waals surface area (Å²) in [6, 6.07) is 12.1. The van der Waals surface area contributed by atoms with E-state index in [1.807, 2.05) is 29.2 Å². The highest BCUT2D eigenvalue weighted by Crippen LogP contribution is 2.28. The zero-order valence-corrected chi connectivity index (χ0v) is 18.3. The molecule has 33 heavy (non-hydrogen) atoms. The van der Waals surface area contributed by atoms with E-state index in [9.17, 15) is 14.0 Å². The molecule has 170 valence electrons. The second kappa shape index (κ2) is 8.57. The summed E-state index contributed by atoms with van der Waals surface area (Å²) in [5.41, 5.74) is 2.15. The minimum Gasteiger partial charge on any atom is -0.495 e. The van der Waals surface area contributed by atoms with Crippen LogP contribution in [0.15, 0.2) is 53.6 Å². The van der Waals surface area contributed by atoms with Crippen molar-refractivity contribution in [3.8, 4) is 5.75 Å². The van der Waals surface area contributed by atoms with E-state index in [0.717, 1.165) is 11.4 Å². The van der Waals surface area contributed by atoms with Gasteiger partial charge in [0.15, 0.2) is 0 Å². The zero-order valence-electron chi connectivity index (χ0n) is 18.3. The average Bonchev–Trinajstić information content (AvgIpc) is 3.22. The van der Waals surface area contributed by atoms with Crippen molar-refractivity contribution in [3.63, 3.8) is 0 Å². The molecule has 9 heteroatoms. The maximum Gasteiger partial charge on any atom is 0.277 e. The standard InChI is InChI=1S/C24H24FN5O3/c1-33-20-5-3-2-4-19(20)28-10-12-29(13-11-28)21(31)8-9-30-15-26-22-17-14-16(25)6-7-18(17)27-23(22)24(30)32/h2-7,14-15,27H,8-13H2,1H3. The van der Waals surface area contributed by atoms with Crippen molar-refractivity contribution in [1.29, 1.82) is 0 Å². The number of piperazine rings is 1. The van der Waals surface area contributed by atoms with Gasteiger partial charge in [0.1, 0.15) is 22.6 Å². The number of nitrogens with one attached hydrogen (secondary N) is 1. The Kier molecular flexibility index (Phi) is 5.45. The van der Waals surface area contributed by atoms with Gasteiger partial charge in [0, 0.05) is 50.0 Å². The first-order valence-electron chi connectivity index (χ1n) is 10.9. The van der Waals surface area contributed by atoms with E-state index in [0.29, 0.717) is 48.1 Å². The number of carbonyl (C=O) groups excluding carboxylic acids is 1. The van der Waals surface area contributed by atoms with Crippen molar-refractivity contribution >= 4 is 33.5 Å². The number of fused-ring (bicyclic) bond motifs is 3. The van der Waals surface area contributed by atoms with Crippen molar-refractivity contribution in [3.05, 3.63) is 65.0 Å². The molecule has 4 aromatic rings. The van der Waals surface area contributed by atoms with Crippen LogP contribution in [0.4, 0.5) is 10.1 Å². The number of benzene rings is 2. The number of aryl methyl sites for hydroxylation is 1. The third-order valence-electron chi connectivity index (χ3n) is 6.16. The van der Waals surface area contributed by atoms with Crippen LogP contribution < -0.4 is 15.2 Å². The third kappa shape index (κ3) is 3.90. The van der Waals surface area contributed by atoms with Gasteiger partial charge in [0.05, 0.1) is 19.1 Å². The predicted octanol–water partition coefficient (Wildman–Crippen LogP) is 2.76. The number of methoxy groups -OCH3 is 1. The van der Waals surface area contributed by atoms with Crippen molar-refractivity contribution in [2.24, 2.45) is 0 Å². The molecule has 1 saturated heterocycles. The van der Waals surface area contributed by atoms with Crippen LogP contribution in [-0.4, -0.2) is 58.6 Å². The molecule has 2 aromatic carbocycles. The van der Waals surface area contributed by atoms with Gasteiger partial charge < -0.3 is 19.5 Å². The molecule has 0 atom stereocenters. The Labute approximate surface area is 189 Å². The molecule has 1 aliphatic rings. The molecule has 0 spiro atoms. The molecule has 1 amide bonds. The number of para-hydroxylation sites is 2. The molecule has 8 nitrogen and oxygen atoms in total. The number of carbonyl (C=O) groups is 1. The number of aromatic nitrogens is 3. The molecule has 2 aromatic heterocycles. The fraction of sp³-hybridized carbons (Fsp3) is 0.292. The maximum atomic E-state index is 13.6. The molecule has 0 aliphatic carbocycles. The van der Waals surface area contributed by atoms with Crippen molar-refractivity contribution in [1.82, 2.24) is 19.4 Å². The van der Waals surface area contributed by atoms with Crippen molar-refractivity contribution in [2.45, 2.75) is 13.0 Å². The number of hydrogen-bond donors (Lipinski definition) is 1. The monoisotopic (exact) mass is 449 g/mol. The Balaban J connectivity index is 1.25. The van der Waals surface area contributed by atoms with E-state index < -0.39 is 0 Å². The minimum absolute atomic E-state index is 0.000363. The largest absolute Gasteiger partial charge is 0.495 e. The average molecular weight is 449 g/mol. The molecule has 0 unspecified atom stereocenters. The molecule has 1 N–H and O–H groups in total. The number of anilines is 1. The van der Waals surface area contributed by atoms with Gasteiger partial charge in [-0.25, -0.2) is 9.37 Å². The summed E-state index contributed by atoms with van der Waals surface area (Å²) in [5.74, 6) is 0.436. The van der Waals surface area contributed by atoms with Gasteiger partial charge in [-0.3, -0.25) is 14.2 Å². The zero-order chi connectivity index (χ0) is 22.9. The van der Waals surface area contributed by atoms with Gasteiger partial charge >= 0.3 is 0 Å². The van der Waals surface area contributed by atoms with Crippen molar-refractivity contribution < 1.29 is 13.9 Å². The van der Waals surface area contributed by atoms with Gasteiger partial charge in [-0.15, -0.1) is 0 Å². The smallest absolute Gasteiger partial charge is 0.277 e. The number of rotatable bonds is 5. The highest BCUT2D eigenvalue weighted by atomic mass is 19.1. The fourth-order valence-electron chi connectivity index (χ4n) is 4.38. The third-order valence-corrected chi connectivity index (χ3v) is 6.16. The van der Waals surface area contributed by atoms with Crippen LogP contribution in [0.3, 0.4) is 0 Å². The number of ether oxygens (including phenoxy) is 1. The van der Waals surface area contributed by atoms with Crippen LogP contribution in [-0.2, 0) is 11.3 Å². The van der Waals surface area contributed by atoms with Gasteiger partial charge in [-0.1, -0.05) is 12.1 Å². The second-order valence-corrected chi connectivity index (χ2v) is 8.07. The van der Waals surface area contributed by atoms with E-state index >= 15 is 0 Å². The van der Waals surface area contributed by atoms with E-state index in [2.05, 4.69) is 14.9 Å². The second-order valence-electron chi connectivity index (χ2n) is 8.07. The van der Waals surface area contributed by atoms with Gasteiger partial charge in [-0.05, 0) is 30.3 Å². The lowest BCUT2D eigenvalue weighted by molar-refractivity contribution is -0.131. The summed E-state index contributed by atoms with van der Waals surface area (Å²) in [7, 11) is 1.65. The molecular formula is C24H24FN5O3. The lowest BCUT2D eigenvalue weighted by Crippen LogP contribution is -2.49. The van der Waals surface area contributed by atoms with Crippen LogP contribution in [0.5, 0.6) is 5.75 Å². The molecule has 3 heterocycles. The molecular weight excluding hydrogens is 425 g/mol. The summed E-state index contributed by atoms with van der Waals surface area (Å²) < 4.78 is 20.5. The van der Waals surface area contributed by atoms with Crippen LogP contribution in [0.1, 0.15) is 6.42 Å². The molecule has 5 rings (SSSR count). The normalized spacial score (nSPS) is 14.2. The number of aromatic amines is 1.